The van der Waals surface area contributed by atoms with Crippen LogP contribution in [0.4, 0.5) is 0 Å². The van der Waals surface area contributed by atoms with Crippen LogP contribution in [0.25, 0.3) is 0 Å². The molecule has 80 valence electrons. The van der Waals surface area contributed by atoms with Crippen molar-refractivity contribution in [2.75, 3.05) is 6.54 Å². The fourth-order valence-electron chi connectivity index (χ4n) is 2.48. The zero-order valence-corrected chi connectivity index (χ0v) is 9.39. The van der Waals surface area contributed by atoms with Crippen molar-refractivity contribution in [1.82, 2.24) is 5.32 Å². The molecule has 14 heavy (non-hydrogen) atoms. The molecule has 0 aromatic rings. The van der Waals surface area contributed by atoms with Gasteiger partial charge in [-0.05, 0) is 25.2 Å². The topological polar surface area (TPSA) is 12.0 Å². The van der Waals surface area contributed by atoms with E-state index in [1.165, 1.54) is 44.9 Å². The van der Waals surface area contributed by atoms with E-state index in [-0.39, 0.29) is 0 Å². The highest BCUT2D eigenvalue weighted by Crippen LogP contribution is 2.26. The Labute approximate surface area is 88.7 Å². The third kappa shape index (κ3) is 4.15. The molecule has 1 aliphatic carbocycles. The van der Waals surface area contributed by atoms with Gasteiger partial charge in [0.25, 0.3) is 0 Å². The molecule has 0 radical (unpaired) electrons. The van der Waals surface area contributed by atoms with Crippen LogP contribution in [0.1, 0.15) is 51.9 Å². The molecule has 1 aliphatic rings. The average Bonchev–Trinajstić information content (AvgIpc) is 2.41. The van der Waals surface area contributed by atoms with Crippen LogP contribution in [0.3, 0.4) is 0 Å². The summed E-state index contributed by atoms with van der Waals surface area (Å²) in [6.45, 7) is 3.03. The van der Waals surface area contributed by atoms with Crippen LogP contribution in [0.2, 0.25) is 0 Å². The molecule has 1 heteroatoms. The number of rotatable bonds is 4. The number of hydrogen-bond acceptors (Lipinski definition) is 1. The molecule has 2 unspecified atom stereocenters. The molecule has 1 rings (SSSR count). The lowest BCUT2D eigenvalue weighted by Gasteiger charge is -2.14. The van der Waals surface area contributed by atoms with Crippen LogP contribution < -0.4 is 5.32 Å². The van der Waals surface area contributed by atoms with Crippen molar-refractivity contribution in [3.05, 3.63) is 0 Å². The summed E-state index contributed by atoms with van der Waals surface area (Å²) in [5.74, 6) is 3.64. The first-order valence-electron chi connectivity index (χ1n) is 6.03. The fraction of sp³-hybridized carbons (Fsp3) is 0.846. The van der Waals surface area contributed by atoms with Gasteiger partial charge in [-0.15, -0.1) is 6.42 Å². The molecule has 0 amide bonds. The van der Waals surface area contributed by atoms with Crippen molar-refractivity contribution >= 4 is 0 Å². The van der Waals surface area contributed by atoms with Gasteiger partial charge >= 0.3 is 0 Å². The Morgan fingerprint density at radius 3 is 2.86 bits per heavy atom. The molecular weight excluding hydrogens is 170 g/mol. The van der Waals surface area contributed by atoms with Crippen molar-refractivity contribution in [2.24, 2.45) is 5.92 Å². The highest BCUT2D eigenvalue weighted by molar-refractivity contribution is 4.88. The predicted molar refractivity (Wildman–Crippen MR) is 62.1 cm³/mol. The Morgan fingerprint density at radius 1 is 1.29 bits per heavy atom. The fourth-order valence-corrected chi connectivity index (χ4v) is 2.48. The Morgan fingerprint density at radius 2 is 2.14 bits per heavy atom. The first kappa shape index (κ1) is 11.6. The lowest BCUT2D eigenvalue weighted by atomic mass is 9.95. The molecule has 0 spiro atoms. The van der Waals surface area contributed by atoms with Gasteiger partial charge < -0.3 is 5.32 Å². The number of nitrogens with one attached hydrogen (secondary N) is 1. The summed E-state index contributed by atoms with van der Waals surface area (Å²) >= 11 is 0. The van der Waals surface area contributed by atoms with E-state index in [1.807, 2.05) is 0 Å². The van der Waals surface area contributed by atoms with E-state index < -0.39 is 0 Å². The van der Waals surface area contributed by atoms with E-state index in [4.69, 9.17) is 6.42 Å². The van der Waals surface area contributed by atoms with Crippen LogP contribution in [0.15, 0.2) is 0 Å². The highest BCUT2D eigenvalue weighted by Gasteiger charge is 2.17. The van der Waals surface area contributed by atoms with Crippen LogP contribution >= 0.6 is 0 Å². The largest absolute Gasteiger partial charge is 0.303 e. The van der Waals surface area contributed by atoms with Gasteiger partial charge in [-0.2, -0.15) is 0 Å². The predicted octanol–water partition coefficient (Wildman–Crippen LogP) is 2.96. The van der Waals surface area contributed by atoms with Gasteiger partial charge in [0, 0.05) is 6.04 Å². The third-order valence-electron chi connectivity index (χ3n) is 3.28. The van der Waals surface area contributed by atoms with Gasteiger partial charge in [0.2, 0.25) is 0 Å². The Balaban J connectivity index is 2.23. The molecule has 1 saturated carbocycles. The van der Waals surface area contributed by atoms with Crippen LogP contribution in [-0.2, 0) is 0 Å². The first-order valence-corrected chi connectivity index (χ1v) is 6.03. The number of hydrogen-bond donors (Lipinski definition) is 1. The Hall–Kier alpha value is -0.480. The highest BCUT2D eigenvalue weighted by atomic mass is 14.9. The maximum absolute atomic E-state index is 5.25. The maximum atomic E-state index is 5.25. The van der Waals surface area contributed by atoms with Crippen molar-refractivity contribution in [3.63, 3.8) is 0 Å². The molecule has 1 N–H and O–H groups in total. The van der Waals surface area contributed by atoms with Gasteiger partial charge in [0.15, 0.2) is 0 Å². The molecule has 0 saturated heterocycles. The van der Waals surface area contributed by atoms with E-state index in [2.05, 4.69) is 18.2 Å². The van der Waals surface area contributed by atoms with Gasteiger partial charge in [-0.25, -0.2) is 0 Å². The lowest BCUT2D eigenvalue weighted by molar-refractivity contribution is 0.414. The molecule has 0 aromatic carbocycles. The average molecular weight is 193 g/mol. The van der Waals surface area contributed by atoms with Crippen LogP contribution in [0.5, 0.6) is 0 Å². The molecular formula is C13H23N. The summed E-state index contributed by atoms with van der Waals surface area (Å²) in [5, 5.41) is 3.44. The summed E-state index contributed by atoms with van der Waals surface area (Å²) < 4.78 is 0. The maximum Gasteiger partial charge on any atom is 0.0575 e. The minimum Gasteiger partial charge on any atom is -0.303 e. The second-order valence-electron chi connectivity index (χ2n) is 4.44. The van der Waals surface area contributed by atoms with Gasteiger partial charge in [-0.1, -0.05) is 38.5 Å². The monoisotopic (exact) mass is 193 g/mol. The molecule has 1 nitrogen and oxygen atoms in total. The van der Waals surface area contributed by atoms with E-state index >= 15 is 0 Å². The normalized spacial score (nSPS) is 28.0. The summed E-state index contributed by atoms with van der Waals surface area (Å²) in [6, 6.07) is 0.688. The van der Waals surface area contributed by atoms with Crippen molar-refractivity contribution in [3.8, 4) is 12.3 Å². The first-order chi connectivity index (χ1) is 6.86. The lowest BCUT2D eigenvalue weighted by Crippen LogP contribution is -2.28. The van der Waals surface area contributed by atoms with Crippen LogP contribution in [-0.4, -0.2) is 12.6 Å². The standard InChI is InChI=1S/C13H23N/c1-3-6-12-7-5-8-13(10-9-12)14-11-4-2/h2,12-14H,3,5-11H2,1H3. The quantitative estimate of drug-likeness (QED) is 0.534. The third-order valence-corrected chi connectivity index (χ3v) is 3.28. The van der Waals surface area contributed by atoms with E-state index in [1.54, 1.807) is 0 Å². The summed E-state index contributed by atoms with van der Waals surface area (Å²) in [6.07, 6.45) is 14.9. The van der Waals surface area contributed by atoms with E-state index in [9.17, 15) is 0 Å². The Bertz CT molecular complexity index is 180. The zero-order valence-electron chi connectivity index (χ0n) is 9.39. The van der Waals surface area contributed by atoms with Gasteiger partial charge in [0.05, 0.1) is 6.54 Å². The van der Waals surface area contributed by atoms with Crippen LogP contribution in [0, 0.1) is 18.3 Å². The minimum absolute atomic E-state index is 0.688. The van der Waals surface area contributed by atoms with E-state index in [0.29, 0.717) is 6.04 Å². The second-order valence-corrected chi connectivity index (χ2v) is 4.44. The van der Waals surface area contributed by atoms with Crippen molar-refractivity contribution in [1.29, 1.82) is 0 Å². The summed E-state index contributed by atoms with van der Waals surface area (Å²) in [7, 11) is 0. The SMILES string of the molecule is C#CCNC1CCCC(CCC)CC1. The second kappa shape index (κ2) is 6.90. The molecule has 1 fully saturated rings. The van der Waals surface area contributed by atoms with E-state index in [0.717, 1.165) is 12.5 Å². The number of terminal acetylenes is 1. The summed E-state index contributed by atoms with van der Waals surface area (Å²) in [4.78, 5) is 0. The molecule has 2 atom stereocenters. The molecule has 0 aliphatic heterocycles. The van der Waals surface area contributed by atoms with Gasteiger partial charge in [-0.3, -0.25) is 0 Å². The molecule has 0 bridgehead atoms. The molecule has 0 heterocycles. The smallest absolute Gasteiger partial charge is 0.0575 e. The van der Waals surface area contributed by atoms with Crippen molar-refractivity contribution < 1.29 is 0 Å². The zero-order chi connectivity index (χ0) is 10.2. The minimum atomic E-state index is 0.688. The molecule has 0 aromatic heterocycles. The van der Waals surface area contributed by atoms with Crippen molar-refractivity contribution in [2.45, 2.75) is 57.9 Å². The Kier molecular flexibility index (Phi) is 5.71. The van der Waals surface area contributed by atoms with Gasteiger partial charge in [0.1, 0.15) is 0 Å². The summed E-state index contributed by atoms with van der Waals surface area (Å²) in [5.41, 5.74) is 0.